The van der Waals surface area contributed by atoms with Gasteiger partial charge in [-0.05, 0) is 59.3 Å². The summed E-state index contributed by atoms with van der Waals surface area (Å²) in [5, 5.41) is 20.3. The molecule has 4 rings (SSSR count). The molecule has 0 atom stereocenters. The van der Waals surface area contributed by atoms with Gasteiger partial charge in [-0.3, -0.25) is 0 Å². The van der Waals surface area contributed by atoms with Crippen molar-refractivity contribution in [2.45, 2.75) is 0 Å². The predicted octanol–water partition coefficient (Wildman–Crippen LogP) is 5.04. The summed E-state index contributed by atoms with van der Waals surface area (Å²) in [4.78, 5) is 23.5. The number of carboxylic acids is 2. The minimum atomic E-state index is -1.10. The van der Waals surface area contributed by atoms with Crippen molar-refractivity contribution in [3.63, 3.8) is 0 Å². The van der Waals surface area contributed by atoms with Crippen LogP contribution in [0.15, 0.2) is 84.9 Å². The highest BCUT2D eigenvalue weighted by Crippen LogP contribution is 2.26. The standard InChI is InChI=1S/C28H16O4/c29-27(30)23-15-21(13-11-19-7-3-1-4-8-19)25-17-24(28(31)32)16-22(26(25)18-23)14-12-20-9-5-2-6-10-20/h1-10,15-18H,(H,29,30)(H,31,32). The molecule has 0 fully saturated rings. The lowest BCUT2D eigenvalue weighted by Gasteiger charge is -2.08. The molecule has 0 aliphatic carbocycles. The number of carbonyl (C=O) groups is 2. The molecule has 0 radical (unpaired) electrons. The average molecular weight is 416 g/mol. The molecule has 0 spiro atoms. The summed E-state index contributed by atoms with van der Waals surface area (Å²) in [6.45, 7) is 0. The van der Waals surface area contributed by atoms with E-state index in [0.29, 0.717) is 21.9 Å². The van der Waals surface area contributed by atoms with E-state index in [1.807, 2.05) is 60.7 Å². The summed E-state index contributed by atoms with van der Waals surface area (Å²) in [5.74, 6) is 9.87. The van der Waals surface area contributed by atoms with Crippen LogP contribution in [0.1, 0.15) is 43.0 Å². The van der Waals surface area contributed by atoms with Crippen molar-refractivity contribution in [1.82, 2.24) is 0 Å². The smallest absolute Gasteiger partial charge is 0.335 e. The lowest BCUT2D eigenvalue weighted by Crippen LogP contribution is -2.01. The number of aromatic carboxylic acids is 2. The van der Waals surface area contributed by atoms with E-state index >= 15 is 0 Å². The first-order valence-corrected chi connectivity index (χ1v) is 9.74. The molecule has 32 heavy (non-hydrogen) atoms. The largest absolute Gasteiger partial charge is 0.478 e. The van der Waals surface area contributed by atoms with Gasteiger partial charge in [-0.2, -0.15) is 0 Å². The van der Waals surface area contributed by atoms with Crippen LogP contribution in [-0.4, -0.2) is 22.2 Å². The van der Waals surface area contributed by atoms with Crippen molar-refractivity contribution in [3.05, 3.63) is 118 Å². The van der Waals surface area contributed by atoms with Crippen molar-refractivity contribution in [2.24, 2.45) is 0 Å². The van der Waals surface area contributed by atoms with Crippen LogP contribution in [0.2, 0.25) is 0 Å². The van der Waals surface area contributed by atoms with Gasteiger partial charge in [-0.1, -0.05) is 60.1 Å². The second kappa shape index (κ2) is 8.92. The Morgan fingerprint density at radius 3 is 1.25 bits per heavy atom. The average Bonchev–Trinajstić information content (AvgIpc) is 2.81. The first-order chi connectivity index (χ1) is 15.5. The van der Waals surface area contributed by atoms with Crippen LogP contribution in [0.4, 0.5) is 0 Å². The minimum absolute atomic E-state index is 0.0562. The third kappa shape index (κ3) is 4.51. The first kappa shape index (κ1) is 20.5. The Morgan fingerprint density at radius 1 is 0.531 bits per heavy atom. The van der Waals surface area contributed by atoms with E-state index < -0.39 is 11.9 Å². The Labute approximate surface area is 184 Å². The Hall–Kier alpha value is -4.80. The Morgan fingerprint density at radius 2 is 0.906 bits per heavy atom. The summed E-state index contributed by atoms with van der Waals surface area (Å²) in [6, 6.07) is 24.5. The summed E-state index contributed by atoms with van der Waals surface area (Å²) in [5.41, 5.74) is 2.49. The molecule has 2 N–H and O–H groups in total. The van der Waals surface area contributed by atoms with Gasteiger partial charge in [0.2, 0.25) is 0 Å². The second-order valence-corrected chi connectivity index (χ2v) is 6.99. The molecule has 4 aromatic carbocycles. The van der Waals surface area contributed by atoms with E-state index in [4.69, 9.17) is 0 Å². The van der Waals surface area contributed by atoms with Crippen molar-refractivity contribution in [2.75, 3.05) is 0 Å². The third-order valence-electron chi connectivity index (χ3n) is 4.79. The molecule has 0 unspecified atom stereocenters. The highest BCUT2D eigenvalue weighted by molar-refractivity contribution is 6.03. The normalized spacial score (nSPS) is 9.88. The van der Waals surface area contributed by atoms with E-state index in [-0.39, 0.29) is 11.1 Å². The third-order valence-corrected chi connectivity index (χ3v) is 4.79. The number of fused-ring (bicyclic) bond motifs is 1. The number of rotatable bonds is 2. The van der Waals surface area contributed by atoms with E-state index in [0.717, 1.165) is 11.1 Å². The summed E-state index contributed by atoms with van der Waals surface area (Å²) in [6.07, 6.45) is 0. The fourth-order valence-electron chi connectivity index (χ4n) is 3.24. The minimum Gasteiger partial charge on any atom is -0.478 e. The van der Waals surface area contributed by atoms with Gasteiger partial charge in [0.05, 0.1) is 11.1 Å². The quantitative estimate of drug-likeness (QED) is 0.449. The maximum atomic E-state index is 11.8. The second-order valence-electron chi connectivity index (χ2n) is 6.99. The zero-order valence-electron chi connectivity index (χ0n) is 16.8. The summed E-state index contributed by atoms with van der Waals surface area (Å²) >= 11 is 0. The molecule has 0 saturated heterocycles. The zero-order chi connectivity index (χ0) is 22.5. The van der Waals surface area contributed by atoms with Gasteiger partial charge in [0.15, 0.2) is 0 Å². The summed E-state index contributed by atoms with van der Waals surface area (Å²) < 4.78 is 0. The molecule has 0 saturated carbocycles. The van der Waals surface area contributed by atoms with Crippen LogP contribution in [0.5, 0.6) is 0 Å². The van der Waals surface area contributed by atoms with Gasteiger partial charge >= 0.3 is 11.9 Å². The first-order valence-electron chi connectivity index (χ1n) is 9.74. The van der Waals surface area contributed by atoms with Crippen molar-refractivity contribution in [1.29, 1.82) is 0 Å². The van der Waals surface area contributed by atoms with Crippen LogP contribution >= 0.6 is 0 Å². The molecule has 0 aliphatic rings. The molecular formula is C28H16O4. The van der Waals surface area contributed by atoms with Crippen LogP contribution in [0.25, 0.3) is 10.8 Å². The SMILES string of the molecule is O=C(O)c1cc(C#Cc2ccccc2)c2cc(C(=O)O)cc(C#Cc3ccccc3)c2c1. The van der Waals surface area contributed by atoms with Gasteiger partial charge in [-0.15, -0.1) is 0 Å². The molecule has 0 amide bonds. The fraction of sp³-hybridized carbons (Fsp3) is 0. The molecule has 4 aromatic rings. The number of carboxylic acid groups (broad SMARTS) is 2. The van der Waals surface area contributed by atoms with Gasteiger partial charge < -0.3 is 10.2 Å². The Balaban J connectivity index is 1.99. The van der Waals surface area contributed by atoms with Crippen LogP contribution in [0, 0.1) is 23.7 Å². The van der Waals surface area contributed by atoms with Gasteiger partial charge in [-0.25, -0.2) is 9.59 Å². The molecule has 0 aromatic heterocycles. The van der Waals surface area contributed by atoms with Crippen LogP contribution in [-0.2, 0) is 0 Å². The van der Waals surface area contributed by atoms with Gasteiger partial charge in [0, 0.05) is 22.3 Å². The predicted molar refractivity (Wildman–Crippen MR) is 123 cm³/mol. The number of hydrogen-bond acceptors (Lipinski definition) is 2. The maximum absolute atomic E-state index is 11.8. The van der Waals surface area contributed by atoms with Crippen molar-refractivity contribution < 1.29 is 19.8 Å². The Kier molecular flexibility index (Phi) is 5.70. The maximum Gasteiger partial charge on any atom is 0.335 e. The van der Waals surface area contributed by atoms with E-state index in [1.54, 1.807) is 0 Å². The monoisotopic (exact) mass is 416 g/mol. The molecule has 4 heteroatoms. The lowest BCUT2D eigenvalue weighted by atomic mass is 9.94. The molecule has 152 valence electrons. The highest BCUT2D eigenvalue weighted by atomic mass is 16.4. The fourth-order valence-corrected chi connectivity index (χ4v) is 3.24. The Bertz CT molecular complexity index is 1350. The number of benzene rings is 4. The zero-order valence-corrected chi connectivity index (χ0v) is 16.8. The number of hydrogen-bond donors (Lipinski definition) is 2. The van der Waals surface area contributed by atoms with Crippen LogP contribution < -0.4 is 0 Å². The van der Waals surface area contributed by atoms with Gasteiger partial charge in [0.1, 0.15) is 0 Å². The topological polar surface area (TPSA) is 74.6 Å². The lowest BCUT2D eigenvalue weighted by molar-refractivity contribution is 0.0686. The van der Waals surface area contributed by atoms with E-state index in [9.17, 15) is 19.8 Å². The molecule has 0 aliphatic heterocycles. The van der Waals surface area contributed by atoms with Crippen molar-refractivity contribution >= 4 is 22.7 Å². The van der Waals surface area contributed by atoms with Gasteiger partial charge in [0.25, 0.3) is 0 Å². The van der Waals surface area contributed by atoms with Crippen LogP contribution in [0.3, 0.4) is 0 Å². The molecule has 0 bridgehead atoms. The molecule has 4 nitrogen and oxygen atoms in total. The molecular weight excluding hydrogens is 400 g/mol. The summed E-state index contributed by atoms with van der Waals surface area (Å²) in [7, 11) is 0. The van der Waals surface area contributed by atoms with E-state index in [2.05, 4.69) is 23.7 Å². The van der Waals surface area contributed by atoms with Crippen molar-refractivity contribution in [3.8, 4) is 23.7 Å². The highest BCUT2D eigenvalue weighted by Gasteiger charge is 2.14. The van der Waals surface area contributed by atoms with E-state index in [1.165, 1.54) is 24.3 Å². The molecule has 0 heterocycles.